The molecule has 21 nitrogen and oxygen atoms in total. The third-order valence-corrected chi connectivity index (χ3v) is 11.8. The standard InChI is InChI=1S/C20H42N2O7.C13H26N2O3.C12H20N2O5.C7H8.C3H8/c1-20(2,3)22(4)19(23)5-7-24-9-11-26-13-15-28-17-18-29-16-14-27-12-10-25-8-6-21;1-6-10(3)13(11(7-2)18-5)15(4)12(17)8-14-9-16;1-8(12(18)13-6-10(16)17)11(19-2)9-4-3-5-14(9)7-15;1-7-5-3-2-4-6-7;1-3-2/h5-18,21H2,1-4H3;9-11,13H,6-8H2,1-5H3,(H,14,16);7-9,11H,3-6H2,1-2H3,(H,13,18)(H,16,17);2-6H,1H3;3H2,1-2H3. The van der Waals surface area contributed by atoms with Crippen molar-refractivity contribution in [3.05, 3.63) is 35.9 Å². The zero-order chi connectivity index (χ0) is 58.2. The van der Waals surface area contributed by atoms with E-state index in [4.69, 9.17) is 48.7 Å². The molecule has 1 heterocycles. The van der Waals surface area contributed by atoms with Crippen molar-refractivity contribution in [1.29, 1.82) is 0 Å². The molecular weight excluding hydrogens is 985 g/mol. The summed E-state index contributed by atoms with van der Waals surface area (Å²) < 4.78 is 43.0. The van der Waals surface area contributed by atoms with Gasteiger partial charge in [-0.15, -0.1) is 0 Å². The van der Waals surface area contributed by atoms with Gasteiger partial charge in [0.15, 0.2) is 0 Å². The summed E-state index contributed by atoms with van der Waals surface area (Å²) in [5.74, 6) is -1.66. The van der Waals surface area contributed by atoms with Gasteiger partial charge in [0.1, 0.15) is 6.54 Å². The second kappa shape index (κ2) is 50.2. The Bertz CT molecular complexity index is 1570. The van der Waals surface area contributed by atoms with Gasteiger partial charge in [0, 0.05) is 46.9 Å². The first-order valence-electron chi connectivity index (χ1n) is 26.9. The van der Waals surface area contributed by atoms with E-state index in [1.807, 2.05) is 52.9 Å². The second-order valence-corrected chi connectivity index (χ2v) is 18.9. The molecule has 21 heteroatoms. The third kappa shape index (κ3) is 39.1. The lowest BCUT2D eigenvalue weighted by Crippen LogP contribution is -2.51. The normalized spacial score (nSPS) is 14.7. The molecule has 0 aromatic heterocycles. The van der Waals surface area contributed by atoms with Crippen LogP contribution in [-0.4, -0.2) is 220 Å². The number of nitrogens with one attached hydrogen (secondary N) is 2. The van der Waals surface area contributed by atoms with Crippen LogP contribution in [0, 0.1) is 18.8 Å². The number of nitrogens with zero attached hydrogens (tertiary/aromatic N) is 3. The number of hydrogen-bond acceptors (Lipinski definition) is 15. The van der Waals surface area contributed by atoms with Crippen molar-refractivity contribution < 1.29 is 71.8 Å². The topological polar surface area (TPSA) is 256 Å². The number of hydrogen-bond donors (Lipinski definition) is 4. The Balaban J connectivity index is -0.000000986. The highest BCUT2D eigenvalue weighted by molar-refractivity contribution is 5.83. The summed E-state index contributed by atoms with van der Waals surface area (Å²) in [6.07, 6.45) is 6.02. The fourth-order valence-electron chi connectivity index (χ4n) is 7.19. The monoisotopic (exact) mass is 1090 g/mol. The molecule has 0 aliphatic carbocycles. The lowest BCUT2D eigenvalue weighted by Gasteiger charge is -2.37. The Labute approximate surface area is 457 Å². The average molecular weight is 1090 g/mol. The number of benzene rings is 1. The number of carboxylic acid groups (broad SMARTS) is 1. The molecule has 6 atom stereocenters. The van der Waals surface area contributed by atoms with Gasteiger partial charge in [-0.3, -0.25) is 28.8 Å². The van der Waals surface area contributed by atoms with Crippen molar-refractivity contribution in [1.82, 2.24) is 25.3 Å². The molecular formula is C55H104N6O15. The van der Waals surface area contributed by atoms with Gasteiger partial charge in [-0.1, -0.05) is 90.3 Å². The van der Waals surface area contributed by atoms with Crippen LogP contribution in [0.1, 0.15) is 106 Å². The molecule has 6 unspecified atom stereocenters. The minimum Gasteiger partial charge on any atom is -0.480 e. The first-order valence-corrected chi connectivity index (χ1v) is 26.9. The van der Waals surface area contributed by atoms with Crippen LogP contribution in [0.3, 0.4) is 0 Å². The van der Waals surface area contributed by atoms with Gasteiger partial charge in [-0.05, 0) is 52.9 Å². The number of carboxylic acids is 1. The molecule has 1 saturated heterocycles. The van der Waals surface area contributed by atoms with Crippen LogP contribution in [0.5, 0.6) is 0 Å². The number of ether oxygens (including phenoxy) is 8. The summed E-state index contributed by atoms with van der Waals surface area (Å²) in [7, 11) is 6.75. The highest BCUT2D eigenvalue weighted by atomic mass is 16.6. The SMILES string of the molecule is CCC.CCC(C)C(C(CC)OC)N(C)C(=O)CNC=O.CN(C(=O)CCOCCOCCOCCOCCOCCOCCN)C(C)(C)C.COC(C(C)C(=O)NCC(=O)O)C1CCCN1C=O.Cc1ccccc1. The van der Waals surface area contributed by atoms with E-state index >= 15 is 0 Å². The van der Waals surface area contributed by atoms with E-state index in [1.165, 1.54) is 19.1 Å². The minimum absolute atomic E-state index is 0.0186. The number of nitrogens with two attached hydrogens (primary N) is 1. The average Bonchev–Trinajstić information content (AvgIpc) is 3.88. The molecule has 0 saturated carbocycles. The fourth-order valence-corrected chi connectivity index (χ4v) is 7.19. The lowest BCUT2D eigenvalue weighted by molar-refractivity contribution is -0.140. The molecule has 0 radical (unpaired) electrons. The van der Waals surface area contributed by atoms with E-state index in [0.717, 1.165) is 32.1 Å². The van der Waals surface area contributed by atoms with Gasteiger partial charge in [-0.25, -0.2) is 0 Å². The predicted octanol–water partition coefficient (Wildman–Crippen LogP) is 4.59. The summed E-state index contributed by atoms with van der Waals surface area (Å²) in [5.41, 5.74) is 6.46. The smallest absolute Gasteiger partial charge is 0.322 e. The molecule has 2 rings (SSSR count). The summed E-state index contributed by atoms with van der Waals surface area (Å²) >= 11 is 0. The highest BCUT2D eigenvalue weighted by Crippen LogP contribution is 2.25. The van der Waals surface area contributed by atoms with Crippen LogP contribution in [0.25, 0.3) is 0 Å². The molecule has 1 aliphatic rings. The van der Waals surface area contributed by atoms with E-state index in [0.29, 0.717) is 111 Å². The summed E-state index contributed by atoms with van der Waals surface area (Å²) in [5, 5.41) is 13.3. The van der Waals surface area contributed by atoms with Crippen molar-refractivity contribution in [3.8, 4) is 0 Å². The number of carbonyl (C=O) groups excluding carboxylic acids is 5. The van der Waals surface area contributed by atoms with Crippen LogP contribution in [0.2, 0.25) is 0 Å². The van der Waals surface area contributed by atoms with Crippen molar-refractivity contribution in [3.63, 3.8) is 0 Å². The molecule has 1 aliphatic heterocycles. The number of aryl methyl sites for hydroxylation is 1. The van der Waals surface area contributed by atoms with Crippen molar-refractivity contribution in [2.75, 3.05) is 134 Å². The number of methoxy groups -OCH3 is 2. The van der Waals surface area contributed by atoms with Gasteiger partial charge in [0.2, 0.25) is 30.5 Å². The maximum absolute atomic E-state index is 11.9. The first kappa shape index (κ1) is 75.9. The van der Waals surface area contributed by atoms with Crippen molar-refractivity contribution in [2.24, 2.45) is 17.6 Å². The molecule has 444 valence electrons. The predicted molar refractivity (Wildman–Crippen MR) is 296 cm³/mol. The number of likely N-dealkylation sites (tertiary alicyclic amines) is 1. The Kier molecular flexibility index (Phi) is 50.1. The van der Waals surface area contributed by atoms with E-state index < -0.39 is 24.5 Å². The first-order chi connectivity index (χ1) is 36.2. The van der Waals surface area contributed by atoms with Crippen LogP contribution in [0.15, 0.2) is 30.3 Å². The molecule has 0 bridgehead atoms. The number of rotatable bonds is 36. The highest BCUT2D eigenvalue weighted by Gasteiger charge is 2.37. The summed E-state index contributed by atoms with van der Waals surface area (Å²) in [4.78, 5) is 72.4. The van der Waals surface area contributed by atoms with Crippen molar-refractivity contribution >= 4 is 36.5 Å². The van der Waals surface area contributed by atoms with Gasteiger partial charge in [-0.2, -0.15) is 0 Å². The van der Waals surface area contributed by atoms with Gasteiger partial charge < -0.3 is 74.1 Å². The summed E-state index contributed by atoms with van der Waals surface area (Å²) in [6, 6.07) is 10.2. The number of carbonyl (C=O) groups is 6. The Morgan fingerprint density at radius 3 is 1.62 bits per heavy atom. The lowest BCUT2D eigenvalue weighted by atomic mass is 9.91. The van der Waals surface area contributed by atoms with Gasteiger partial charge in [0.25, 0.3) is 0 Å². The van der Waals surface area contributed by atoms with Gasteiger partial charge >= 0.3 is 5.97 Å². The van der Waals surface area contributed by atoms with Crippen molar-refractivity contribution in [2.45, 2.75) is 138 Å². The summed E-state index contributed by atoms with van der Waals surface area (Å²) in [6.45, 7) is 27.2. The van der Waals surface area contributed by atoms with Crippen LogP contribution in [-0.2, 0) is 66.7 Å². The molecule has 5 N–H and O–H groups in total. The zero-order valence-corrected chi connectivity index (χ0v) is 49.1. The third-order valence-electron chi connectivity index (χ3n) is 11.8. The van der Waals surface area contributed by atoms with E-state index in [-0.39, 0.29) is 48.0 Å². The van der Waals surface area contributed by atoms with E-state index in [9.17, 15) is 28.8 Å². The fraction of sp³-hybridized carbons (Fsp3) is 0.782. The Hall–Kier alpha value is -4.32. The maximum Gasteiger partial charge on any atom is 0.322 e. The largest absolute Gasteiger partial charge is 0.480 e. The van der Waals surface area contributed by atoms with E-state index in [2.05, 4.69) is 57.4 Å². The van der Waals surface area contributed by atoms with E-state index in [1.54, 1.807) is 35.8 Å². The second-order valence-electron chi connectivity index (χ2n) is 18.9. The number of amides is 5. The van der Waals surface area contributed by atoms with Gasteiger partial charge in [0.05, 0.1) is 122 Å². The number of aliphatic carboxylic acids is 1. The number of likely N-dealkylation sites (N-methyl/N-ethyl adjacent to an activating group) is 1. The molecule has 1 aromatic carbocycles. The quantitative estimate of drug-likeness (QED) is 0.0529. The Morgan fingerprint density at radius 1 is 0.763 bits per heavy atom. The molecule has 76 heavy (non-hydrogen) atoms. The van der Waals surface area contributed by atoms with Crippen LogP contribution < -0.4 is 16.4 Å². The Morgan fingerprint density at radius 2 is 1.25 bits per heavy atom. The zero-order valence-electron chi connectivity index (χ0n) is 49.1. The maximum atomic E-state index is 11.9. The van der Waals surface area contributed by atoms with Crippen LogP contribution >= 0.6 is 0 Å². The van der Waals surface area contributed by atoms with Crippen LogP contribution in [0.4, 0.5) is 0 Å². The minimum atomic E-state index is -1.09. The molecule has 0 spiro atoms. The molecule has 1 aromatic rings. The molecule has 1 fully saturated rings. The molecule has 5 amide bonds.